The Hall–Kier alpha value is -6.94. The lowest BCUT2D eigenvalue weighted by Crippen LogP contribution is -2.70. The number of anilines is 3. The van der Waals surface area contributed by atoms with Crippen molar-refractivity contribution >= 4 is 56.7 Å². The first kappa shape index (κ1) is 32.2. The molecule has 4 aliphatic rings. The summed E-state index contributed by atoms with van der Waals surface area (Å²) in [5.41, 5.74) is 15.9. The fourth-order valence-corrected chi connectivity index (χ4v) is 17.2. The van der Waals surface area contributed by atoms with Gasteiger partial charge in [-0.15, -0.1) is 0 Å². The van der Waals surface area contributed by atoms with Crippen LogP contribution in [0.25, 0.3) is 33.0 Å². The molecule has 3 heteroatoms. The van der Waals surface area contributed by atoms with E-state index in [-0.39, 0.29) is 0 Å². The first-order valence-corrected chi connectivity index (χ1v) is 22.3. The first-order chi connectivity index (χ1) is 28.6. The van der Waals surface area contributed by atoms with Crippen molar-refractivity contribution in [3.05, 3.63) is 221 Å². The van der Waals surface area contributed by atoms with Crippen LogP contribution in [0.1, 0.15) is 33.4 Å². The molecule has 0 bridgehead atoms. The van der Waals surface area contributed by atoms with Gasteiger partial charge in [0, 0.05) is 16.8 Å². The van der Waals surface area contributed by atoms with Gasteiger partial charge in [-0.1, -0.05) is 157 Å². The lowest BCUT2D eigenvalue weighted by Gasteiger charge is -2.48. The first-order valence-electron chi connectivity index (χ1n) is 20.3. The summed E-state index contributed by atoms with van der Waals surface area (Å²) in [7, 11) is -2.79. The molecule has 0 unspecified atom stereocenters. The number of para-hydroxylation sites is 4. The van der Waals surface area contributed by atoms with Crippen LogP contribution in [0.15, 0.2) is 188 Å². The molecule has 58 heavy (non-hydrogen) atoms. The molecular weight excluding hydrogens is 719 g/mol. The Kier molecular flexibility index (Phi) is 6.29. The van der Waals surface area contributed by atoms with Crippen molar-refractivity contribution in [1.29, 1.82) is 0 Å². The third-order valence-corrected chi connectivity index (χ3v) is 18.5. The number of fused-ring (bicyclic) bond motifs is 19. The predicted molar refractivity (Wildman–Crippen MR) is 242 cm³/mol. The van der Waals surface area contributed by atoms with Gasteiger partial charge in [0.15, 0.2) is 8.07 Å². The van der Waals surface area contributed by atoms with E-state index in [1.54, 1.807) is 0 Å². The monoisotopic (exact) mass is 755 g/mol. The van der Waals surface area contributed by atoms with E-state index in [1.165, 1.54) is 104 Å². The maximum Gasteiger partial charge on any atom is 0.182 e. The second kappa shape index (κ2) is 11.3. The van der Waals surface area contributed by atoms with Gasteiger partial charge in [0.1, 0.15) is 11.5 Å². The summed E-state index contributed by atoms with van der Waals surface area (Å²) >= 11 is 0. The van der Waals surface area contributed by atoms with Crippen molar-refractivity contribution in [3.8, 4) is 33.8 Å². The standard InChI is InChI=1S/C55H37NOSi/c1-34-23-26-39-40-27-24-35(2)30-52(40)58(51(39)29-34)53-32-37-14-4-3-13-36(37)31-42(53)41-28-25-38(33-54(41)58)56-47-19-9-5-15-43(47)55(44-16-6-10-20-48(44)56)45-17-7-11-21-49(45)57-50-22-12-8-18-46(50)55/h3-33H,1-2H3. The molecule has 0 saturated carbocycles. The van der Waals surface area contributed by atoms with Crippen LogP contribution in [0.5, 0.6) is 11.5 Å². The van der Waals surface area contributed by atoms with Crippen molar-refractivity contribution in [2.45, 2.75) is 19.3 Å². The van der Waals surface area contributed by atoms with Gasteiger partial charge in [0.25, 0.3) is 0 Å². The van der Waals surface area contributed by atoms with Crippen LogP contribution < -0.4 is 30.4 Å². The zero-order chi connectivity index (χ0) is 38.3. The maximum atomic E-state index is 6.67. The van der Waals surface area contributed by atoms with Gasteiger partial charge >= 0.3 is 0 Å². The van der Waals surface area contributed by atoms with Crippen LogP contribution in [0.2, 0.25) is 0 Å². The average molecular weight is 756 g/mol. The molecule has 2 nitrogen and oxygen atoms in total. The highest BCUT2D eigenvalue weighted by atomic mass is 28.3. The lowest BCUT2D eigenvalue weighted by atomic mass is 9.61. The van der Waals surface area contributed by atoms with E-state index >= 15 is 0 Å². The molecule has 9 aromatic rings. The van der Waals surface area contributed by atoms with Crippen molar-refractivity contribution < 1.29 is 4.74 Å². The Morgan fingerprint density at radius 2 is 0.845 bits per heavy atom. The molecule has 0 atom stereocenters. The minimum atomic E-state index is -2.79. The summed E-state index contributed by atoms with van der Waals surface area (Å²) in [5.74, 6) is 1.80. The van der Waals surface area contributed by atoms with E-state index < -0.39 is 13.5 Å². The number of hydrogen-bond donors (Lipinski definition) is 0. The Labute approximate surface area is 339 Å². The summed E-state index contributed by atoms with van der Waals surface area (Å²) in [6.45, 7) is 4.52. The van der Waals surface area contributed by atoms with Crippen LogP contribution in [0.4, 0.5) is 17.1 Å². The van der Waals surface area contributed by atoms with Gasteiger partial charge in [-0.2, -0.15) is 0 Å². The van der Waals surface area contributed by atoms with Gasteiger partial charge < -0.3 is 9.64 Å². The van der Waals surface area contributed by atoms with Crippen molar-refractivity contribution in [2.24, 2.45) is 0 Å². The average Bonchev–Trinajstić information content (AvgIpc) is 3.70. The topological polar surface area (TPSA) is 12.5 Å². The summed E-state index contributed by atoms with van der Waals surface area (Å²) in [6, 6.07) is 71.2. The Balaban J connectivity index is 1.13. The lowest BCUT2D eigenvalue weighted by molar-refractivity contribution is 0.434. The Morgan fingerprint density at radius 3 is 1.45 bits per heavy atom. The molecule has 0 aliphatic carbocycles. The number of ether oxygens (including phenoxy) is 1. The summed E-state index contributed by atoms with van der Waals surface area (Å²) in [6.07, 6.45) is 0. The van der Waals surface area contributed by atoms with Crippen LogP contribution in [0.3, 0.4) is 0 Å². The summed E-state index contributed by atoms with van der Waals surface area (Å²) in [5, 5.41) is 8.59. The van der Waals surface area contributed by atoms with E-state index in [4.69, 9.17) is 4.74 Å². The Morgan fingerprint density at radius 1 is 0.397 bits per heavy atom. The zero-order valence-electron chi connectivity index (χ0n) is 32.3. The van der Waals surface area contributed by atoms with Crippen molar-refractivity contribution in [2.75, 3.05) is 4.90 Å². The molecule has 0 N–H and O–H groups in total. The van der Waals surface area contributed by atoms with Gasteiger partial charge in [-0.05, 0) is 121 Å². The molecule has 0 fully saturated rings. The molecule has 2 spiro atoms. The molecule has 0 amide bonds. The number of aryl methyl sites for hydroxylation is 2. The fourth-order valence-electron chi connectivity index (χ4n) is 11.4. The summed E-state index contributed by atoms with van der Waals surface area (Å²) in [4.78, 5) is 2.54. The maximum absolute atomic E-state index is 6.67. The van der Waals surface area contributed by atoms with E-state index in [9.17, 15) is 0 Å². The molecular formula is C55H37NOSi. The third-order valence-electron chi connectivity index (χ3n) is 13.6. The second-order valence-corrected chi connectivity index (χ2v) is 20.2. The number of nitrogens with zero attached hydrogens (tertiary/aromatic N) is 1. The van der Waals surface area contributed by atoms with Crippen molar-refractivity contribution in [3.63, 3.8) is 0 Å². The molecule has 0 radical (unpaired) electrons. The van der Waals surface area contributed by atoms with E-state index in [0.29, 0.717) is 0 Å². The summed E-state index contributed by atoms with van der Waals surface area (Å²) < 4.78 is 6.67. The largest absolute Gasteiger partial charge is 0.457 e. The van der Waals surface area contributed by atoms with E-state index in [2.05, 4.69) is 207 Å². The smallest absolute Gasteiger partial charge is 0.182 e. The van der Waals surface area contributed by atoms with Crippen molar-refractivity contribution in [1.82, 2.24) is 0 Å². The van der Waals surface area contributed by atoms with E-state index in [1.807, 2.05) is 0 Å². The SMILES string of the molecule is Cc1ccc2c(c1)[Si]1(c3cc(C)ccc3-2)c2cc(N3c4ccccc4C4(c5ccccc5Oc5ccccc54)c4ccccc43)ccc2-c2cc3ccccc3cc21. The number of hydrogen-bond acceptors (Lipinski definition) is 2. The number of rotatable bonds is 1. The molecule has 0 saturated heterocycles. The van der Waals surface area contributed by atoms with E-state index in [0.717, 1.165) is 11.5 Å². The second-order valence-electron chi connectivity index (χ2n) is 16.5. The minimum absolute atomic E-state index is 0.573. The van der Waals surface area contributed by atoms with Gasteiger partial charge in [0.2, 0.25) is 0 Å². The van der Waals surface area contributed by atoms with Crippen LogP contribution in [-0.2, 0) is 5.41 Å². The third kappa shape index (κ3) is 3.87. The number of benzene rings is 9. The van der Waals surface area contributed by atoms with Crippen LogP contribution >= 0.6 is 0 Å². The minimum Gasteiger partial charge on any atom is -0.457 e. The molecule has 4 heterocycles. The zero-order valence-corrected chi connectivity index (χ0v) is 33.3. The molecule has 272 valence electrons. The molecule has 13 rings (SSSR count). The highest BCUT2D eigenvalue weighted by molar-refractivity contribution is 7.24. The molecule has 9 aromatic carbocycles. The predicted octanol–water partition coefficient (Wildman–Crippen LogP) is 11.1. The van der Waals surface area contributed by atoms with Crippen LogP contribution in [-0.4, -0.2) is 8.07 Å². The quantitative estimate of drug-likeness (QED) is 0.155. The molecule has 4 aliphatic heterocycles. The fraction of sp³-hybridized carbons (Fsp3) is 0.0545. The van der Waals surface area contributed by atoms with Gasteiger partial charge in [0.05, 0.1) is 16.8 Å². The van der Waals surface area contributed by atoms with Crippen LogP contribution in [0, 0.1) is 13.8 Å². The normalized spacial score (nSPS) is 15.1. The molecule has 0 aromatic heterocycles. The van der Waals surface area contributed by atoms with Gasteiger partial charge in [-0.25, -0.2) is 0 Å². The highest BCUT2D eigenvalue weighted by Crippen LogP contribution is 2.62. The van der Waals surface area contributed by atoms with Gasteiger partial charge in [-0.3, -0.25) is 0 Å². The highest BCUT2D eigenvalue weighted by Gasteiger charge is 2.55. The Bertz CT molecular complexity index is 3120.